The van der Waals surface area contributed by atoms with Crippen molar-refractivity contribution >= 4 is 23.1 Å². The van der Waals surface area contributed by atoms with Gasteiger partial charge in [0.15, 0.2) is 5.78 Å². The Balaban J connectivity index is 1.78. The molecule has 126 valence electrons. The van der Waals surface area contributed by atoms with E-state index in [1.165, 1.54) is 6.92 Å². The summed E-state index contributed by atoms with van der Waals surface area (Å²) in [5, 5.41) is 2.85. The van der Waals surface area contributed by atoms with Crippen LogP contribution in [0.1, 0.15) is 35.7 Å². The predicted molar refractivity (Wildman–Crippen MR) is 95.4 cm³/mol. The third kappa shape index (κ3) is 5.12. The highest BCUT2D eigenvalue weighted by Crippen LogP contribution is 2.18. The second-order valence-electron chi connectivity index (χ2n) is 5.66. The van der Waals surface area contributed by atoms with E-state index in [2.05, 4.69) is 5.32 Å². The number of anilines is 2. The maximum absolute atomic E-state index is 12.0. The molecule has 0 heterocycles. The van der Waals surface area contributed by atoms with Crippen molar-refractivity contribution in [2.75, 3.05) is 17.7 Å². The lowest BCUT2D eigenvalue weighted by Gasteiger charge is -2.10. The van der Waals surface area contributed by atoms with E-state index in [1.807, 2.05) is 13.0 Å². The van der Waals surface area contributed by atoms with Crippen LogP contribution < -0.4 is 15.8 Å². The van der Waals surface area contributed by atoms with Crippen molar-refractivity contribution in [1.82, 2.24) is 0 Å². The van der Waals surface area contributed by atoms with E-state index in [0.717, 1.165) is 11.3 Å². The maximum atomic E-state index is 12.0. The topological polar surface area (TPSA) is 81.4 Å². The van der Waals surface area contributed by atoms with Gasteiger partial charge in [-0.25, -0.2) is 0 Å². The molecule has 0 unspecified atom stereocenters. The highest BCUT2D eigenvalue weighted by molar-refractivity contribution is 5.94. The SMILES string of the molecule is CC(=O)c1cccc(OCCCC(=O)Nc2cc(N)ccc2C)c1. The van der Waals surface area contributed by atoms with Crippen LogP contribution in [0, 0.1) is 6.92 Å². The summed E-state index contributed by atoms with van der Waals surface area (Å²) in [6, 6.07) is 12.4. The molecule has 0 spiro atoms. The summed E-state index contributed by atoms with van der Waals surface area (Å²) in [5.41, 5.74) is 8.66. The molecule has 0 aliphatic carbocycles. The number of benzene rings is 2. The second kappa shape index (κ2) is 8.15. The van der Waals surface area contributed by atoms with Gasteiger partial charge in [-0.05, 0) is 50.1 Å². The van der Waals surface area contributed by atoms with E-state index in [4.69, 9.17) is 10.5 Å². The lowest BCUT2D eigenvalue weighted by atomic mass is 10.1. The highest BCUT2D eigenvalue weighted by Gasteiger charge is 2.06. The summed E-state index contributed by atoms with van der Waals surface area (Å²) < 4.78 is 5.59. The zero-order valence-corrected chi connectivity index (χ0v) is 14.0. The number of carbonyl (C=O) groups excluding carboxylic acids is 2. The summed E-state index contributed by atoms with van der Waals surface area (Å²) >= 11 is 0. The van der Waals surface area contributed by atoms with Crippen LogP contribution in [0.4, 0.5) is 11.4 Å². The number of carbonyl (C=O) groups is 2. The minimum Gasteiger partial charge on any atom is -0.494 e. The largest absolute Gasteiger partial charge is 0.494 e. The number of nitrogens with two attached hydrogens (primary N) is 1. The van der Waals surface area contributed by atoms with Gasteiger partial charge in [-0.1, -0.05) is 18.2 Å². The molecule has 0 saturated carbocycles. The molecule has 3 N–H and O–H groups in total. The first-order chi connectivity index (χ1) is 11.5. The Morgan fingerprint density at radius 1 is 1.17 bits per heavy atom. The monoisotopic (exact) mass is 326 g/mol. The lowest BCUT2D eigenvalue weighted by molar-refractivity contribution is -0.116. The van der Waals surface area contributed by atoms with Crippen molar-refractivity contribution in [3.63, 3.8) is 0 Å². The second-order valence-corrected chi connectivity index (χ2v) is 5.66. The molecule has 2 aromatic rings. The number of hydrogen-bond acceptors (Lipinski definition) is 4. The Bertz CT molecular complexity index is 741. The standard InChI is InChI=1S/C19H22N2O3/c1-13-8-9-16(20)12-18(13)21-19(23)7-4-10-24-17-6-3-5-15(11-17)14(2)22/h3,5-6,8-9,11-12H,4,7,10,20H2,1-2H3,(H,21,23). The van der Waals surface area contributed by atoms with Crippen molar-refractivity contribution in [2.24, 2.45) is 0 Å². The molecule has 0 saturated heterocycles. The average molecular weight is 326 g/mol. The third-order valence-corrected chi connectivity index (χ3v) is 3.59. The number of amides is 1. The van der Waals surface area contributed by atoms with Gasteiger partial charge in [-0.3, -0.25) is 9.59 Å². The Labute approximate surface area is 141 Å². The smallest absolute Gasteiger partial charge is 0.224 e. The molecule has 0 atom stereocenters. The number of ether oxygens (including phenoxy) is 1. The van der Waals surface area contributed by atoms with Crippen molar-refractivity contribution in [2.45, 2.75) is 26.7 Å². The molecular weight excluding hydrogens is 304 g/mol. The number of nitrogen functional groups attached to an aromatic ring is 1. The minimum atomic E-state index is -0.0789. The van der Waals surface area contributed by atoms with Crippen LogP contribution in [0.5, 0.6) is 5.75 Å². The van der Waals surface area contributed by atoms with Crippen molar-refractivity contribution in [3.05, 3.63) is 53.6 Å². The van der Waals surface area contributed by atoms with Gasteiger partial charge in [-0.2, -0.15) is 0 Å². The number of Topliss-reactive ketones (excluding diaryl/α,β-unsaturated/α-hetero) is 1. The summed E-state index contributed by atoms with van der Waals surface area (Å²) in [6.07, 6.45) is 0.929. The first kappa shape index (κ1) is 17.5. The number of aryl methyl sites for hydroxylation is 1. The number of nitrogens with one attached hydrogen (secondary N) is 1. The molecule has 0 aliphatic rings. The van der Waals surface area contributed by atoms with Gasteiger partial charge in [0.25, 0.3) is 0 Å². The van der Waals surface area contributed by atoms with Crippen LogP contribution >= 0.6 is 0 Å². The fourth-order valence-electron chi connectivity index (χ4n) is 2.21. The Kier molecular flexibility index (Phi) is 5.95. The molecule has 24 heavy (non-hydrogen) atoms. The van der Waals surface area contributed by atoms with Crippen LogP contribution in [0.15, 0.2) is 42.5 Å². The van der Waals surface area contributed by atoms with Crippen molar-refractivity contribution in [1.29, 1.82) is 0 Å². The van der Waals surface area contributed by atoms with Crippen LogP contribution in [0.2, 0.25) is 0 Å². The van der Waals surface area contributed by atoms with Crippen LogP contribution in [-0.2, 0) is 4.79 Å². The first-order valence-electron chi connectivity index (χ1n) is 7.85. The molecule has 0 aromatic heterocycles. The lowest BCUT2D eigenvalue weighted by Crippen LogP contribution is -2.13. The fraction of sp³-hybridized carbons (Fsp3) is 0.263. The van der Waals surface area contributed by atoms with Crippen molar-refractivity contribution < 1.29 is 14.3 Å². The van der Waals surface area contributed by atoms with Gasteiger partial charge in [0.05, 0.1) is 6.61 Å². The van der Waals surface area contributed by atoms with Crippen LogP contribution in [0.3, 0.4) is 0 Å². The van der Waals surface area contributed by atoms with E-state index in [-0.39, 0.29) is 11.7 Å². The molecule has 0 fully saturated rings. The van der Waals surface area contributed by atoms with Gasteiger partial charge < -0.3 is 15.8 Å². The molecule has 1 amide bonds. The van der Waals surface area contributed by atoms with Gasteiger partial charge in [0, 0.05) is 23.4 Å². The minimum absolute atomic E-state index is 0.00247. The number of ketones is 1. The predicted octanol–water partition coefficient (Wildman–Crippen LogP) is 3.58. The van der Waals surface area contributed by atoms with E-state index >= 15 is 0 Å². The van der Waals surface area contributed by atoms with Gasteiger partial charge in [-0.15, -0.1) is 0 Å². The summed E-state index contributed by atoms with van der Waals surface area (Å²) in [5.74, 6) is 0.553. The molecule has 0 aliphatic heterocycles. The Morgan fingerprint density at radius 2 is 1.96 bits per heavy atom. The molecule has 0 bridgehead atoms. The zero-order valence-electron chi connectivity index (χ0n) is 14.0. The Morgan fingerprint density at radius 3 is 2.71 bits per heavy atom. The highest BCUT2D eigenvalue weighted by atomic mass is 16.5. The quantitative estimate of drug-likeness (QED) is 0.463. The fourth-order valence-corrected chi connectivity index (χ4v) is 2.21. The molecular formula is C19H22N2O3. The summed E-state index contributed by atoms with van der Waals surface area (Å²) in [7, 11) is 0. The molecule has 0 radical (unpaired) electrons. The molecule has 5 nitrogen and oxygen atoms in total. The number of hydrogen-bond donors (Lipinski definition) is 2. The van der Waals surface area contributed by atoms with E-state index in [9.17, 15) is 9.59 Å². The van der Waals surface area contributed by atoms with E-state index in [0.29, 0.717) is 36.4 Å². The summed E-state index contributed by atoms with van der Waals surface area (Å²) in [6.45, 7) is 3.84. The van der Waals surface area contributed by atoms with Crippen molar-refractivity contribution in [3.8, 4) is 5.75 Å². The normalized spacial score (nSPS) is 10.2. The maximum Gasteiger partial charge on any atom is 0.224 e. The van der Waals surface area contributed by atoms with E-state index in [1.54, 1.807) is 36.4 Å². The van der Waals surface area contributed by atoms with Crippen LogP contribution in [0.25, 0.3) is 0 Å². The number of rotatable bonds is 7. The molecule has 5 heteroatoms. The van der Waals surface area contributed by atoms with Gasteiger partial charge >= 0.3 is 0 Å². The zero-order chi connectivity index (χ0) is 17.5. The van der Waals surface area contributed by atoms with E-state index < -0.39 is 0 Å². The average Bonchev–Trinajstić information content (AvgIpc) is 2.55. The summed E-state index contributed by atoms with van der Waals surface area (Å²) in [4.78, 5) is 23.3. The first-order valence-corrected chi connectivity index (χ1v) is 7.85. The molecule has 2 rings (SSSR count). The van der Waals surface area contributed by atoms with Crippen LogP contribution in [-0.4, -0.2) is 18.3 Å². The Hall–Kier alpha value is -2.82. The van der Waals surface area contributed by atoms with Gasteiger partial charge in [0.2, 0.25) is 5.91 Å². The molecule has 2 aromatic carbocycles. The van der Waals surface area contributed by atoms with Gasteiger partial charge in [0.1, 0.15) is 5.75 Å². The third-order valence-electron chi connectivity index (χ3n) is 3.59.